The number of thiazole rings is 1. The molecule has 1 saturated heterocycles. The monoisotopic (exact) mass is 184 g/mol. The van der Waals surface area contributed by atoms with Gasteiger partial charge < -0.3 is 5.11 Å². The first-order valence-corrected chi connectivity index (χ1v) is 5.01. The fourth-order valence-corrected chi connectivity index (χ4v) is 2.14. The number of rotatable bonds is 2. The number of β-amino-alcohol motifs (C(OH)–C–C–N with tert-alkyl or cyclic N) is 1. The molecule has 66 valence electrons. The molecule has 1 N–H and O–H groups in total. The maximum absolute atomic E-state index is 9.27. The van der Waals surface area contributed by atoms with Crippen LogP contribution in [0.15, 0.2) is 11.6 Å². The summed E-state index contributed by atoms with van der Waals surface area (Å²) in [6.07, 6.45) is 2.61. The second-order valence-corrected chi connectivity index (χ2v) is 4.08. The Morgan fingerprint density at radius 1 is 1.75 bits per heavy atom. The van der Waals surface area contributed by atoms with Gasteiger partial charge in [-0.25, -0.2) is 4.98 Å². The fourth-order valence-electron chi connectivity index (χ4n) is 1.48. The van der Waals surface area contributed by atoms with Crippen LogP contribution in [0.2, 0.25) is 0 Å². The van der Waals surface area contributed by atoms with Gasteiger partial charge in [0, 0.05) is 24.7 Å². The number of aromatic nitrogens is 1. The predicted molar refractivity (Wildman–Crippen MR) is 48.0 cm³/mol. The molecule has 12 heavy (non-hydrogen) atoms. The molecule has 3 nitrogen and oxygen atoms in total. The first-order valence-electron chi connectivity index (χ1n) is 4.13. The standard InChI is InChI=1S/C8H12N2OS/c11-7-1-3-10(5-7)6-8-9-2-4-12-8/h2,4,7,11H,1,3,5-6H2. The van der Waals surface area contributed by atoms with Crippen molar-refractivity contribution >= 4 is 11.3 Å². The Kier molecular flexibility index (Phi) is 2.39. The van der Waals surface area contributed by atoms with E-state index < -0.39 is 0 Å². The second kappa shape index (κ2) is 3.51. The average molecular weight is 184 g/mol. The minimum Gasteiger partial charge on any atom is -0.392 e. The maximum Gasteiger partial charge on any atom is 0.107 e. The highest BCUT2D eigenvalue weighted by molar-refractivity contribution is 7.09. The summed E-state index contributed by atoms with van der Waals surface area (Å²) in [6.45, 7) is 2.70. The Labute approximate surface area is 75.7 Å². The van der Waals surface area contributed by atoms with Gasteiger partial charge in [0.1, 0.15) is 5.01 Å². The van der Waals surface area contributed by atoms with Gasteiger partial charge in [-0.1, -0.05) is 0 Å². The van der Waals surface area contributed by atoms with Crippen molar-refractivity contribution < 1.29 is 5.11 Å². The summed E-state index contributed by atoms with van der Waals surface area (Å²) in [5.41, 5.74) is 0. The summed E-state index contributed by atoms with van der Waals surface area (Å²) in [5, 5.41) is 12.4. The number of hydrogen-bond donors (Lipinski definition) is 1. The van der Waals surface area contributed by atoms with Gasteiger partial charge >= 0.3 is 0 Å². The molecule has 0 aliphatic carbocycles. The number of aliphatic hydroxyl groups is 1. The molecule has 2 heterocycles. The van der Waals surface area contributed by atoms with Crippen LogP contribution < -0.4 is 0 Å². The molecule has 0 aromatic carbocycles. The van der Waals surface area contributed by atoms with Crippen molar-refractivity contribution in [1.29, 1.82) is 0 Å². The third-order valence-electron chi connectivity index (χ3n) is 2.09. The molecule has 0 spiro atoms. The average Bonchev–Trinajstić information content (AvgIpc) is 2.63. The Bertz CT molecular complexity index is 237. The van der Waals surface area contributed by atoms with Crippen LogP contribution in [0.1, 0.15) is 11.4 Å². The molecule has 1 aliphatic heterocycles. The van der Waals surface area contributed by atoms with Crippen LogP contribution in [0, 0.1) is 0 Å². The minimum atomic E-state index is -0.120. The third kappa shape index (κ3) is 1.83. The van der Waals surface area contributed by atoms with Crippen molar-refractivity contribution in [3.05, 3.63) is 16.6 Å². The van der Waals surface area contributed by atoms with Crippen LogP contribution >= 0.6 is 11.3 Å². The van der Waals surface area contributed by atoms with Crippen molar-refractivity contribution in [2.45, 2.75) is 19.1 Å². The number of nitrogens with zero attached hydrogens (tertiary/aromatic N) is 2. The van der Waals surface area contributed by atoms with Crippen LogP contribution in [0.4, 0.5) is 0 Å². The van der Waals surface area contributed by atoms with Crippen LogP contribution in [-0.2, 0) is 6.54 Å². The van der Waals surface area contributed by atoms with Gasteiger partial charge in [-0.15, -0.1) is 11.3 Å². The largest absolute Gasteiger partial charge is 0.392 e. The molecule has 1 aromatic heterocycles. The molecule has 1 unspecified atom stereocenters. The SMILES string of the molecule is OC1CCN(Cc2nccs2)C1. The van der Waals surface area contributed by atoms with E-state index >= 15 is 0 Å². The lowest BCUT2D eigenvalue weighted by atomic mass is 10.3. The maximum atomic E-state index is 9.27. The smallest absolute Gasteiger partial charge is 0.107 e. The van der Waals surface area contributed by atoms with E-state index in [0.29, 0.717) is 0 Å². The lowest BCUT2D eigenvalue weighted by Crippen LogP contribution is -2.21. The summed E-state index contributed by atoms with van der Waals surface area (Å²) in [5.74, 6) is 0. The third-order valence-corrected chi connectivity index (χ3v) is 2.85. The van der Waals surface area contributed by atoms with Gasteiger partial charge in [0.05, 0.1) is 12.6 Å². The Hall–Kier alpha value is -0.450. The quantitative estimate of drug-likeness (QED) is 0.735. The van der Waals surface area contributed by atoms with Crippen molar-refractivity contribution in [2.24, 2.45) is 0 Å². The Morgan fingerprint density at radius 2 is 2.67 bits per heavy atom. The predicted octanol–water partition coefficient (Wildman–Crippen LogP) is 0.710. The van der Waals surface area contributed by atoms with E-state index in [4.69, 9.17) is 0 Å². The second-order valence-electron chi connectivity index (χ2n) is 3.10. The molecule has 1 atom stereocenters. The molecule has 0 bridgehead atoms. The molecule has 0 radical (unpaired) electrons. The van der Waals surface area contributed by atoms with Gasteiger partial charge in [-0.2, -0.15) is 0 Å². The molecule has 2 rings (SSSR count). The molecule has 1 aliphatic rings. The van der Waals surface area contributed by atoms with Crippen molar-refractivity contribution in [3.63, 3.8) is 0 Å². The van der Waals surface area contributed by atoms with Crippen LogP contribution in [-0.4, -0.2) is 34.2 Å². The molecular weight excluding hydrogens is 172 g/mol. The Morgan fingerprint density at radius 3 is 3.25 bits per heavy atom. The highest BCUT2D eigenvalue weighted by Gasteiger charge is 2.20. The van der Waals surface area contributed by atoms with Crippen LogP contribution in [0.5, 0.6) is 0 Å². The summed E-state index contributed by atoms with van der Waals surface area (Å²) in [6, 6.07) is 0. The summed E-state index contributed by atoms with van der Waals surface area (Å²) < 4.78 is 0. The minimum absolute atomic E-state index is 0.120. The first-order chi connectivity index (χ1) is 5.84. The topological polar surface area (TPSA) is 36.4 Å². The first kappa shape index (κ1) is 8.16. The van der Waals surface area contributed by atoms with Gasteiger partial charge in [-0.3, -0.25) is 4.90 Å². The molecule has 4 heteroatoms. The number of hydrogen-bond acceptors (Lipinski definition) is 4. The summed E-state index contributed by atoms with van der Waals surface area (Å²) >= 11 is 1.68. The fraction of sp³-hybridized carbons (Fsp3) is 0.625. The zero-order chi connectivity index (χ0) is 8.39. The van der Waals surface area contributed by atoms with E-state index in [2.05, 4.69) is 9.88 Å². The summed E-state index contributed by atoms with van der Waals surface area (Å²) in [7, 11) is 0. The molecule has 1 fully saturated rings. The van der Waals surface area contributed by atoms with E-state index in [-0.39, 0.29) is 6.10 Å². The van der Waals surface area contributed by atoms with Crippen LogP contribution in [0.25, 0.3) is 0 Å². The lowest BCUT2D eigenvalue weighted by molar-refractivity contribution is 0.175. The van der Waals surface area contributed by atoms with E-state index in [9.17, 15) is 5.11 Å². The van der Waals surface area contributed by atoms with Crippen molar-refractivity contribution in [2.75, 3.05) is 13.1 Å². The highest BCUT2D eigenvalue weighted by Crippen LogP contribution is 2.14. The van der Waals surface area contributed by atoms with E-state index in [0.717, 1.165) is 31.1 Å². The van der Waals surface area contributed by atoms with E-state index in [1.807, 2.05) is 11.6 Å². The molecule has 1 aromatic rings. The van der Waals surface area contributed by atoms with Gasteiger partial charge in [0.15, 0.2) is 0 Å². The molecule has 0 amide bonds. The van der Waals surface area contributed by atoms with Crippen molar-refractivity contribution in [1.82, 2.24) is 9.88 Å². The Balaban J connectivity index is 1.88. The normalized spacial score (nSPS) is 24.9. The summed E-state index contributed by atoms with van der Waals surface area (Å²) in [4.78, 5) is 6.44. The van der Waals surface area contributed by atoms with Crippen LogP contribution in [0.3, 0.4) is 0 Å². The number of aliphatic hydroxyl groups excluding tert-OH is 1. The zero-order valence-electron chi connectivity index (χ0n) is 6.81. The zero-order valence-corrected chi connectivity index (χ0v) is 7.63. The lowest BCUT2D eigenvalue weighted by Gasteiger charge is -2.11. The van der Waals surface area contributed by atoms with Crippen molar-refractivity contribution in [3.8, 4) is 0 Å². The number of likely N-dealkylation sites (tertiary alicyclic amines) is 1. The highest BCUT2D eigenvalue weighted by atomic mass is 32.1. The van der Waals surface area contributed by atoms with Gasteiger partial charge in [0.25, 0.3) is 0 Å². The van der Waals surface area contributed by atoms with E-state index in [1.54, 1.807) is 11.3 Å². The molecular formula is C8H12N2OS. The van der Waals surface area contributed by atoms with Gasteiger partial charge in [-0.05, 0) is 6.42 Å². The van der Waals surface area contributed by atoms with Gasteiger partial charge in [0.2, 0.25) is 0 Å². The molecule has 0 saturated carbocycles. The van der Waals surface area contributed by atoms with E-state index in [1.165, 1.54) is 0 Å².